The van der Waals surface area contributed by atoms with E-state index in [-0.39, 0.29) is 11.6 Å². The number of aromatic nitrogens is 2. The highest BCUT2D eigenvalue weighted by Gasteiger charge is 2.31. The van der Waals surface area contributed by atoms with Crippen molar-refractivity contribution in [1.29, 1.82) is 0 Å². The van der Waals surface area contributed by atoms with Gasteiger partial charge < -0.3 is 15.3 Å². The highest BCUT2D eigenvalue weighted by Crippen LogP contribution is 2.39. The number of aromatic hydroxyl groups is 1. The third kappa shape index (κ3) is 3.64. The Balaban J connectivity index is 1.70. The lowest BCUT2D eigenvalue weighted by atomic mass is 10.0. The molecule has 2 N–H and O–H groups in total. The quantitative estimate of drug-likeness (QED) is 0.664. The van der Waals surface area contributed by atoms with E-state index in [0.717, 1.165) is 48.8 Å². The molecule has 3 heterocycles. The fraction of sp³-hybridized carbons (Fsp3) is 0.368. The molecule has 1 aromatic carbocycles. The molecule has 2 aromatic heterocycles. The highest BCUT2D eigenvalue weighted by atomic mass is 32.1. The molecule has 9 heteroatoms. The first-order valence-electron chi connectivity index (χ1n) is 8.91. The number of fused-ring (bicyclic) bond motifs is 1. The first-order valence-corrected chi connectivity index (χ1v) is 9.85. The lowest BCUT2D eigenvalue weighted by molar-refractivity contribution is -0.137. The molecule has 28 heavy (non-hydrogen) atoms. The number of piperidine rings is 1. The van der Waals surface area contributed by atoms with E-state index in [1.165, 1.54) is 17.4 Å². The third-order valence-electron chi connectivity index (χ3n) is 4.97. The van der Waals surface area contributed by atoms with Gasteiger partial charge in [-0.2, -0.15) is 24.5 Å². The van der Waals surface area contributed by atoms with Crippen molar-refractivity contribution >= 4 is 27.9 Å². The minimum absolute atomic E-state index is 0.229. The van der Waals surface area contributed by atoms with E-state index in [1.807, 2.05) is 10.8 Å². The number of rotatable bonds is 3. The zero-order valence-corrected chi connectivity index (χ0v) is 15.9. The molecule has 0 amide bonds. The molecule has 148 valence electrons. The Morgan fingerprint density at radius 2 is 2.00 bits per heavy atom. The number of likely N-dealkylation sites (N-methyl/N-ethyl adjacent to an activating group) is 1. The topological polar surface area (TPSA) is 61.3 Å². The number of anilines is 1. The number of hydrogen-bond donors (Lipinski definition) is 2. The number of phenolic OH excluding ortho intramolecular Hbond substituents is 1. The monoisotopic (exact) mass is 408 g/mol. The molecule has 0 radical (unpaired) electrons. The molecule has 1 saturated heterocycles. The standard InChI is InChI=1S/C19H19F3N4OS/c1-26-6-2-3-12(8-26)23-18-15-10-28-9-14(15)17(24-25-18)13-5-4-11(7-16(13)27)19(20,21)22/h4-5,7,9-10,12,27H,2-3,6,8H2,1H3,(H,23,25)/t12-/m1/s1. The molecule has 0 aliphatic carbocycles. The van der Waals surface area contributed by atoms with E-state index in [4.69, 9.17) is 0 Å². The van der Waals surface area contributed by atoms with Crippen LogP contribution in [0.25, 0.3) is 22.0 Å². The van der Waals surface area contributed by atoms with Crippen LogP contribution in [-0.2, 0) is 6.18 Å². The highest BCUT2D eigenvalue weighted by molar-refractivity contribution is 7.09. The van der Waals surface area contributed by atoms with Gasteiger partial charge in [0.05, 0.1) is 5.56 Å². The minimum Gasteiger partial charge on any atom is -0.507 e. The molecule has 0 bridgehead atoms. The lowest BCUT2D eigenvalue weighted by Gasteiger charge is -2.30. The Morgan fingerprint density at radius 1 is 1.21 bits per heavy atom. The smallest absolute Gasteiger partial charge is 0.416 e. The molecule has 0 spiro atoms. The average molecular weight is 408 g/mol. The van der Waals surface area contributed by atoms with Gasteiger partial charge in [0, 0.05) is 39.7 Å². The summed E-state index contributed by atoms with van der Waals surface area (Å²) < 4.78 is 38.6. The number of nitrogens with zero attached hydrogens (tertiary/aromatic N) is 3. The second-order valence-electron chi connectivity index (χ2n) is 7.07. The number of alkyl halides is 3. The zero-order valence-electron chi connectivity index (χ0n) is 15.1. The largest absolute Gasteiger partial charge is 0.507 e. The zero-order chi connectivity index (χ0) is 19.9. The number of thiophene rings is 1. The Bertz CT molecular complexity index is 1000. The van der Waals surface area contributed by atoms with Crippen LogP contribution in [0.1, 0.15) is 18.4 Å². The van der Waals surface area contributed by atoms with Crippen molar-refractivity contribution in [3.8, 4) is 17.0 Å². The molecule has 4 rings (SSSR count). The minimum atomic E-state index is -4.51. The maximum Gasteiger partial charge on any atom is 0.416 e. The molecule has 1 atom stereocenters. The van der Waals surface area contributed by atoms with E-state index in [2.05, 4.69) is 27.5 Å². The fourth-order valence-electron chi connectivity index (χ4n) is 3.56. The molecule has 0 saturated carbocycles. The van der Waals surface area contributed by atoms with Gasteiger partial charge in [0.1, 0.15) is 11.4 Å². The van der Waals surface area contributed by atoms with Crippen molar-refractivity contribution in [2.45, 2.75) is 25.1 Å². The van der Waals surface area contributed by atoms with Gasteiger partial charge in [0.2, 0.25) is 0 Å². The summed E-state index contributed by atoms with van der Waals surface area (Å²) in [6.45, 7) is 1.98. The average Bonchev–Trinajstić information content (AvgIpc) is 3.12. The van der Waals surface area contributed by atoms with Crippen molar-refractivity contribution in [1.82, 2.24) is 15.1 Å². The Labute approximate surface area is 163 Å². The van der Waals surface area contributed by atoms with E-state index >= 15 is 0 Å². The summed E-state index contributed by atoms with van der Waals surface area (Å²) in [5.74, 6) is 0.193. The SMILES string of the molecule is CN1CCC[C@@H](Nc2nnc(-c3ccc(C(F)(F)F)cc3O)c3cscc23)C1. The van der Waals surface area contributed by atoms with Crippen molar-refractivity contribution in [3.63, 3.8) is 0 Å². The maximum absolute atomic E-state index is 12.9. The van der Waals surface area contributed by atoms with Crippen LogP contribution in [-0.4, -0.2) is 46.4 Å². The Morgan fingerprint density at radius 3 is 2.71 bits per heavy atom. The van der Waals surface area contributed by atoms with E-state index in [9.17, 15) is 18.3 Å². The number of nitrogens with one attached hydrogen (secondary N) is 1. The molecule has 1 aliphatic rings. The lowest BCUT2D eigenvalue weighted by Crippen LogP contribution is -2.39. The van der Waals surface area contributed by atoms with Crippen molar-refractivity contribution in [3.05, 3.63) is 34.5 Å². The molecular weight excluding hydrogens is 389 g/mol. The summed E-state index contributed by atoms with van der Waals surface area (Å²) in [4.78, 5) is 2.26. The summed E-state index contributed by atoms with van der Waals surface area (Å²) in [5, 5.41) is 27.5. The van der Waals surface area contributed by atoms with Crippen LogP contribution in [0.2, 0.25) is 0 Å². The van der Waals surface area contributed by atoms with Crippen LogP contribution < -0.4 is 5.32 Å². The molecule has 3 aromatic rings. The predicted molar refractivity (Wildman–Crippen MR) is 104 cm³/mol. The normalized spacial score (nSPS) is 18.5. The summed E-state index contributed by atoms with van der Waals surface area (Å²) in [5.41, 5.74) is -0.301. The van der Waals surface area contributed by atoms with Gasteiger partial charge in [-0.15, -0.1) is 10.2 Å². The van der Waals surface area contributed by atoms with Crippen LogP contribution in [0.15, 0.2) is 29.0 Å². The van der Waals surface area contributed by atoms with Crippen molar-refractivity contribution in [2.75, 3.05) is 25.5 Å². The number of hydrogen-bond acceptors (Lipinski definition) is 6. The van der Waals surface area contributed by atoms with Crippen LogP contribution in [0, 0.1) is 0 Å². The fourth-order valence-corrected chi connectivity index (χ4v) is 4.38. The van der Waals surface area contributed by atoms with Gasteiger partial charge in [-0.05, 0) is 44.6 Å². The second-order valence-corrected chi connectivity index (χ2v) is 7.82. The van der Waals surface area contributed by atoms with Crippen molar-refractivity contribution in [2.24, 2.45) is 0 Å². The van der Waals surface area contributed by atoms with Crippen LogP contribution >= 0.6 is 11.3 Å². The summed E-state index contributed by atoms with van der Waals surface area (Å²) in [6.07, 6.45) is -2.37. The summed E-state index contributed by atoms with van der Waals surface area (Å²) >= 11 is 1.46. The first-order chi connectivity index (χ1) is 13.3. The first kappa shape index (κ1) is 18.9. The van der Waals surface area contributed by atoms with Crippen LogP contribution in [0.3, 0.4) is 0 Å². The van der Waals surface area contributed by atoms with Crippen LogP contribution in [0.4, 0.5) is 19.0 Å². The predicted octanol–water partition coefficient (Wildman–Crippen LogP) is 4.59. The Kier molecular flexibility index (Phi) is 4.88. The molecule has 5 nitrogen and oxygen atoms in total. The summed E-state index contributed by atoms with van der Waals surface area (Å²) in [7, 11) is 2.08. The van der Waals surface area contributed by atoms with Crippen LogP contribution in [0.5, 0.6) is 5.75 Å². The van der Waals surface area contributed by atoms with Gasteiger partial charge >= 0.3 is 6.18 Å². The molecule has 0 unspecified atom stereocenters. The van der Waals surface area contributed by atoms with E-state index in [1.54, 1.807) is 0 Å². The summed E-state index contributed by atoms with van der Waals surface area (Å²) in [6, 6.07) is 3.17. The number of halogens is 3. The van der Waals surface area contributed by atoms with Gasteiger partial charge in [-0.3, -0.25) is 0 Å². The molecular formula is C19H19F3N4OS. The van der Waals surface area contributed by atoms with E-state index < -0.39 is 17.5 Å². The van der Waals surface area contributed by atoms with Gasteiger partial charge in [0.15, 0.2) is 5.82 Å². The number of phenols is 1. The molecule has 1 aliphatic heterocycles. The third-order valence-corrected chi connectivity index (χ3v) is 5.71. The van der Waals surface area contributed by atoms with Crippen molar-refractivity contribution < 1.29 is 18.3 Å². The van der Waals surface area contributed by atoms with E-state index in [0.29, 0.717) is 11.5 Å². The molecule has 1 fully saturated rings. The maximum atomic E-state index is 12.9. The Hall–Kier alpha value is -2.39. The second kappa shape index (κ2) is 7.21. The van der Waals surface area contributed by atoms with Gasteiger partial charge in [-0.25, -0.2) is 0 Å². The number of benzene rings is 1. The number of likely N-dealkylation sites (tertiary alicyclic amines) is 1. The van der Waals surface area contributed by atoms with Gasteiger partial charge in [0.25, 0.3) is 0 Å². The van der Waals surface area contributed by atoms with Gasteiger partial charge in [-0.1, -0.05) is 0 Å².